The van der Waals surface area contributed by atoms with E-state index in [0.717, 1.165) is 16.6 Å². The molecule has 2 aromatic carbocycles. The second kappa shape index (κ2) is 11.2. The quantitative estimate of drug-likeness (QED) is 0.339. The molecule has 1 aliphatic rings. The summed E-state index contributed by atoms with van der Waals surface area (Å²) >= 11 is 3.27. The number of aromatic nitrogens is 3. The molecule has 3 heterocycles. The highest BCUT2D eigenvalue weighted by molar-refractivity contribution is 9.10. The summed E-state index contributed by atoms with van der Waals surface area (Å²) in [7, 11) is 1.61. The molecule has 1 amide bonds. The van der Waals surface area contributed by atoms with Gasteiger partial charge in [-0.25, -0.2) is 14.4 Å². The summed E-state index contributed by atoms with van der Waals surface area (Å²) in [5.41, 5.74) is 3.44. The Morgan fingerprint density at radius 3 is 2.68 bits per heavy atom. The predicted octanol–water partition coefficient (Wildman–Crippen LogP) is 4.94. The van der Waals surface area contributed by atoms with Gasteiger partial charge >= 0.3 is 0 Å². The van der Waals surface area contributed by atoms with Gasteiger partial charge in [-0.2, -0.15) is 0 Å². The molecule has 1 N–H and O–H groups in total. The molecule has 37 heavy (non-hydrogen) atoms. The van der Waals surface area contributed by atoms with Crippen LogP contribution in [0, 0.1) is 5.82 Å². The molecule has 190 valence electrons. The molecule has 8 nitrogen and oxygen atoms in total. The lowest BCUT2D eigenvalue weighted by Gasteiger charge is -2.26. The lowest BCUT2D eigenvalue weighted by molar-refractivity contribution is 0.0302. The molecule has 0 bridgehead atoms. The van der Waals surface area contributed by atoms with E-state index in [4.69, 9.17) is 9.47 Å². The summed E-state index contributed by atoms with van der Waals surface area (Å²) in [5.74, 6) is 0.750. The zero-order chi connectivity index (χ0) is 25.8. The van der Waals surface area contributed by atoms with E-state index in [0.29, 0.717) is 72.0 Å². The van der Waals surface area contributed by atoms with Crippen molar-refractivity contribution in [3.05, 3.63) is 82.1 Å². The maximum Gasteiger partial charge on any atom is 0.255 e. The Morgan fingerprint density at radius 1 is 1.11 bits per heavy atom. The van der Waals surface area contributed by atoms with E-state index in [1.165, 1.54) is 12.4 Å². The highest BCUT2D eigenvalue weighted by atomic mass is 79.9. The minimum Gasteiger partial charge on any atom is -0.496 e. The van der Waals surface area contributed by atoms with Crippen LogP contribution in [0.25, 0.3) is 10.9 Å². The van der Waals surface area contributed by atoms with Crippen LogP contribution >= 0.6 is 15.9 Å². The number of morpholine rings is 1. The summed E-state index contributed by atoms with van der Waals surface area (Å²) < 4.78 is 26.0. The minimum absolute atomic E-state index is 0.0225. The monoisotopic (exact) mass is 565 g/mol. The van der Waals surface area contributed by atoms with Crippen LogP contribution in [0.5, 0.6) is 5.75 Å². The molecular weight excluding hydrogens is 541 g/mol. The Hall–Kier alpha value is -3.63. The summed E-state index contributed by atoms with van der Waals surface area (Å²) in [6.45, 7) is 2.32. The number of carbonyl (C=O) groups excluding carboxylic acids is 1. The van der Waals surface area contributed by atoms with E-state index in [1.54, 1.807) is 30.3 Å². The van der Waals surface area contributed by atoms with E-state index in [-0.39, 0.29) is 5.91 Å². The first-order valence-electron chi connectivity index (χ1n) is 11.9. The average Bonchev–Trinajstić information content (AvgIpc) is 2.93. The molecule has 0 saturated carbocycles. The number of ether oxygens (including phenoxy) is 2. The van der Waals surface area contributed by atoms with Crippen molar-refractivity contribution in [3.8, 4) is 5.75 Å². The van der Waals surface area contributed by atoms with Crippen LogP contribution < -0.4 is 10.1 Å². The van der Waals surface area contributed by atoms with Crippen LogP contribution in [-0.4, -0.2) is 59.2 Å². The lowest BCUT2D eigenvalue weighted by Crippen LogP contribution is -2.40. The molecule has 0 aliphatic carbocycles. The fourth-order valence-electron chi connectivity index (χ4n) is 4.24. The Kier molecular flexibility index (Phi) is 7.57. The van der Waals surface area contributed by atoms with Crippen molar-refractivity contribution in [3.63, 3.8) is 0 Å². The van der Waals surface area contributed by atoms with Crippen LogP contribution in [0.3, 0.4) is 0 Å². The van der Waals surface area contributed by atoms with Crippen molar-refractivity contribution in [2.45, 2.75) is 12.8 Å². The normalized spacial score (nSPS) is 13.5. The van der Waals surface area contributed by atoms with Crippen LogP contribution in [0.2, 0.25) is 0 Å². The first-order valence-corrected chi connectivity index (χ1v) is 12.7. The summed E-state index contributed by atoms with van der Waals surface area (Å²) in [4.78, 5) is 27.7. The van der Waals surface area contributed by atoms with Crippen molar-refractivity contribution < 1.29 is 18.7 Å². The second-order valence-corrected chi connectivity index (χ2v) is 9.51. The van der Waals surface area contributed by atoms with Gasteiger partial charge in [0.2, 0.25) is 0 Å². The first kappa shape index (κ1) is 25.0. The van der Waals surface area contributed by atoms with Crippen molar-refractivity contribution in [1.82, 2.24) is 19.9 Å². The molecule has 10 heteroatoms. The molecule has 4 aromatic rings. The van der Waals surface area contributed by atoms with Gasteiger partial charge in [0.05, 0.1) is 37.1 Å². The number of nitrogens with zero attached hydrogens (tertiary/aromatic N) is 4. The van der Waals surface area contributed by atoms with Gasteiger partial charge in [0.25, 0.3) is 5.91 Å². The van der Waals surface area contributed by atoms with E-state index in [1.807, 2.05) is 24.3 Å². The summed E-state index contributed by atoms with van der Waals surface area (Å²) in [6.07, 6.45) is 4.41. The molecule has 0 unspecified atom stereocenters. The molecule has 5 rings (SSSR count). The third kappa shape index (κ3) is 5.70. The van der Waals surface area contributed by atoms with Gasteiger partial charge in [0.15, 0.2) is 0 Å². The van der Waals surface area contributed by atoms with Crippen molar-refractivity contribution in [2.24, 2.45) is 0 Å². The highest BCUT2D eigenvalue weighted by Gasteiger charge is 2.19. The Bertz CT molecular complexity index is 1430. The number of rotatable bonds is 7. The number of fused-ring (bicyclic) bond motifs is 1. The maximum absolute atomic E-state index is 14.4. The van der Waals surface area contributed by atoms with Crippen molar-refractivity contribution in [2.75, 3.05) is 38.7 Å². The van der Waals surface area contributed by atoms with Gasteiger partial charge in [-0.3, -0.25) is 9.78 Å². The molecule has 1 saturated heterocycles. The van der Waals surface area contributed by atoms with Crippen molar-refractivity contribution >= 4 is 44.2 Å². The van der Waals surface area contributed by atoms with Crippen LogP contribution in [0.1, 0.15) is 21.6 Å². The number of hydrogen-bond acceptors (Lipinski definition) is 7. The molecule has 1 fully saturated rings. The number of pyridine rings is 1. The van der Waals surface area contributed by atoms with Gasteiger partial charge in [0.1, 0.15) is 23.7 Å². The maximum atomic E-state index is 14.4. The smallest absolute Gasteiger partial charge is 0.255 e. The SMILES string of the molecule is COc1cc2c(Nc3ccc(Br)cc3F)ncnc2cc1CCc1ccc(C(=O)N2CCOCC2)cn1. The number of hydrogen-bond donors (Lipinski definition) is 1. The van der Waals surface area contributed by atoms with Crippen LogP contribution in [-0.2, 0) is 17.6 Å². The van der Waals surface area contributed by atoms with E-state index in [9.17, 15) is 9.18 Å². The third-order valence-corrected chi connectivity index (χ3v) is 6.74. The fraction of sp³-hybridized carbons (Fsp3) is 0.259. The Balaban J connectivity index is 1.32. The van der Waals surface area contributed by atoms with Crippen LogP contribution in [0.4, 0.5) is 15.9 Å². The number of benzene rings is 2. The zero-order valence-corrected chi connectivity index (χ0v) is 21.8. The van der Waals surface area contributed by atoms with Gasteiger partial charge in [-0.1, -0.05) is 15.9 Å². The number of methoxy groups -OCH3 is 1. The predicted molar refractivity (Wildman–Crippen MR) is 142 cm³/mol. The fourth-order valence-corrected chi connectivity index (χ4v) is 4.57. The standard InChI is InChI=1S/C27H25BrFN5O3/c1-36-25-14-21-24(31-16-32-26(21)33-23-7-4-19(28)13-22(23)29)12-17(25)2-5-20-6-3-18(15-30-20)27(35)34-8-10-37-11-9-34/h3-4,6-7,12-16H,2,5,8-11H2,1H3,(H,31,32,33). The molecule has 2 aromatic heterocycles. The van der Waals surface area contributed by atoms with Gasteiger partial charge in [-0.15, -0.1) is 0 Å². The number of nitrogens with one attached hydrogen (secondary N) is 1. The van der Waals surface area contributed by atoms with Gasteiger partial charge < -0.3 is 19.7 Å². The average molecular weight is 566 g/mol. The second-order valence-electron chi connectivity index (χ2n) is 8.60. The molecule has 1 aliphatic heterocycles. The lowest BCUT2D eigenvalue weighted by atomic mass is 10.0. The van der Waals surface area contributed by atoms with E-state index in [2.05, 4.69) is 36.2 Å². The van der Waals surface area contributed by atoms with Gasteiger partial charge in [0, 0.05) is 34.8 Å². The van der Waals surface area contributed by atoms with Crippen LogP contribution in [0.15, 0.2) is 59.5 Å². The molecular formula is C27H25BrFN5O3. The van der Waals surface area contributed by atoms with E-state index >= 15 is 0 Å². The number of carbonyl (C=O) groups is 1. The topological polar surface area (TPSA) is 89.5 Å². The van der Waals surface area contributed by atoms with E-state index < -0.39 is 5.82 Å². The largest absolute Gasteiger partial charge is 0.496 e. The molecule has 0 radical (unpaired) electrons. The first-order chi connectivity index (χ1) is 18.0. The summed E-state index contributed by atoms with van der Waals surface area (Å²) in [6, 6.07) is 12.3. The number of aryl methyl sites for hydroxylation is 2. The number of anilines is 2. The molecule has 0 spiro atoms. The zero-order valence-electron chi connectivity index (χ0n) is 20.2. The number of amides is 1. The van der Waals surface area contributed by atoms with Gasteiger partial charge in [-0.05, 0) is 60.9 Å². The Labute approximate surface area is 222 Å². The highest BCUT2D eigenvalue weighted by Crippen LogP contribution is 2.31. The van der Waals surface area contributed by atoms with Crippen molar-refractivity contribution in [1.29, 1.82) is 0 Å². The third-order valence-electron chi connectivity index (χ3n) is 6.24. The minimum atomic E-state index is -0.394. The molecule has 0 atom stereocenters. The Morgan fingerprint density at radius 2 is 1.95 bits per heavy atom. The summed E-state index contributed by atoms with van der Waals surface area (Å²) in [5, 5.41) is 3.78. The number of halogens is 2.